The second-order valence-electron chi connectivity index (χ2n) is 6.33. The first-order valence-electron chi connectivity index (χ1n) is 9.09. The van der Waals surface area contributed by atoms with Gasteiger partial charge < -0.3 is 14.6 Å². The summed E-state index contributed by atoms with van der Waals surface area (Å²) in [6, 6.07) is 20.8. The quantitative estimate of drug-likeness (QED) is 0.510. The van der Waals surface area contributed by atoms with Crippen LogP contribution in [-0.4, -0.2) is 22.2 Å². The van der Waals surface area contributed by atoms with Crippen molar-refractivity contribution in [1.82, 2.24) is 9.97 Å². The molecule has 28 heavy (non-hydrogen) atoms. The van der Waals surface area contributed by atoms with Gasteiger partial charge in [-0.3, -0.25) is 0 Å². The molecule has 0 aliphatic rings. The van der Waals surface area contributed by atoms with Crippen molar-refractivity contribution in [3.8, 4) is 34.5 Å². The first kappa shape index (κ1) is 17.8. The molecule has 0 aliphatic carbocycles. The van der Waals surface area contributed by atoms with Gasteiger partial charge in [0.15, 0.2) is 17.3 Å². The van der Waals surface area contributed by atoms with Crippen LogP contribution in [0.2, 0.25) is 0 Å². The fourth-order valence-corrected chi connectivity index (χ4v) is 3.05. The first-order valence-corrected chi connectivity index (χ1v) is 9.09. The van der Waals surface area contributed by atoms with E-state index in [1.54, 1.807) is 18.2 Å². The Labute approximate surface area is 163 Å². The van der Waals surface area contributed by atoms with E-state index in [1.807, 2.05) is 42.5 Å². The zero-order valence-electron chi connectivity index (χ0n) is 15.7. The highest BCUT2D eigenvalue weighted by Crippen LogP contribution is 2.37. The molecule has 1 aromatic heterocycles. The number of ether oxygens (including phenoxy) is 2. The number of rotatable bonds is 5. The van der Waals surface area contributed by atoms with Crippen LogP contribution in [-0.2, 0) is 6.42 Å². The molecule has 0 aliphatic heterocycles. The fraction of sp³-hybridized carbons (Fsp3) is 0.130. The van der Waals surface area contributed by atoms with Crippen LogP contribution in [0.5, 0.6) is 23.1 Å². The molecule has 0 fully saturated rings. The Morgan fingerprint density at radius 1 is 0.929 bits per heavy atom. The lowest BCUT2D eigenvalue weighted by molar-refractivity contribution is 0.374. The van der Waals surface area contributed by atoms with Gasteiger partial charge in [0.1, 0.15) is 5.75 Å². The van der Waals surface area contributed by atoms with E-state index >= 15 is 0 Å². The van der Waals surface area contributed by atoms with Gasteiger partial charge in [-0.2, -0.15) is 4.98 Å². The molecule has 0 radical (unpaired) electrons. The molecule has 0 saturated carbocycles. The third-order valence-electron chi connectivity index (χ3n) is 4.55. The number of benzene rings is 3. The van der Waals surface area contributed by atoms with Crippen molar-refractivity contribution < 1.29 is 14.6 Å². The topological polar surface area (TPSA) is 64.5 Å². The zero-order chi connectivity index (χ0) is 19.5. The van der Waals surface area contributed by atoms with Crippen molar-refractivity contribution in [1.29, 1.82) is 0 Å². The van der Waals surface area contributed by atoms with Crippen LogP contribution in [0.3, 0.4) is 0 Å². The smallest absolute Gasteiger partial charge is 0.230 e. The van der Waals surface area contributed by atoms with E-state index in [1.165, 1.54) is 12.7 Å². The molecule has 4 aromatic rings. The number of hydrogen-bond acceptors (Lipinski definition) is 5. The minimum absolute atomic E-state index is 0.000730. The van der Waals surface area contributed by atoms with E-state index < -0.39 is 0 Å². The molecule has 0 spiro atoms. The maximum Gasteiger partial charge on any atom is 0.230 e. The normalized spacial score (nSPS) is 10.8. The molecule has 0 bridgehead atoms. The van der Waals surface area contributed by atoms with E-state index in [2.05, 4.69) is 23.0 Å². The van der Waals surface area contributed by atoms with E-state index in [4.69, 9.17) is 9.47 Å². The number of phenols is 1. The van der Waals surface area contributed by atoms with Gasteiger partial charge in [-0.25, -0.2) is 4.98 Å². The van der Waals surface area contributed by atoms with Gasteiger partial charge in [-0.1, -0.05) is 37.3 Å². The van der Waals surface area contributed by atoms with Crippen molar-refractivity contribution >= 4 is 10.9 Å². The summed E-state index contributed by atoms with van der Waals surface area (Å²) in [6.07, 6.45) is 0.921. The summed E-state index contributed by atoms with van der Waals surface area (Å²) >= 11 is 0. The maximum absolute atomic E-state index is 10.5. The number of hydrogen-bond donors (Lipinski definition) is 1. The van der Waals surface area contributed by atoms with Gasteiger partial charge >= 0.3 is 0 Å². The summed E-state index contributed by atoms with van der Waals surface area (Å²) in [6.45, 7) is 2.10. The molecule has 1 N–H and O–H groups in total. The molecule has 0 unspecified atom stereocenters. The minimum atomic E-state index is -0.000730. The van der Waals surface area contributed by atoms with Gasteiger partial charge in [-0.15, -0.1) is 0 Å². The third kappa shape index (κ3) is 3.34. The highest BCUT2D eigenvalue weighted by Gasteiger charge is 2.16. The molecule has 1 heterocycles. The molecule has 5 nitrogen and oxygen atoms in total. The van der Waals surface area contributed by atoms with Crippen molar-refractivity contribution in [3.05, 3.63) is 72.3 Å². The molecule has 0 atom stereocenters. The second kappa shape index (κ2) is 7.56. The maximum atomic E-state index is 10.5. The summed E-state index contributed by atoms with van der Waals surface area (Å²) in [7, 11) is 1.51. The van der Waals surface area contributed by atoms with Gasteiger partial charge in [0, 0.05) is 0 Å². The van der Waals surface area contributed by atoms with E-state index in [-0.39, 0.29) is 5.75 Å². The summed E-state index contributed by atoms with van der Waals surface area (Å²) in [5, 5.41) is 11.3. The minimum Gasteiger partial charge on any atom is -0.504 e. The Morgan fingerprint density at radius 2 is 1.75 bits per heavy atom. The Hall–Kier alpha value is -3.60. The lowest BCUT2D eigenvalue weighted by atomic mass is 10.1. The van der Waals surface area contributed by atoms with E-state index in [0.717, 1.165) is 17.3 Å². The van der Waals surface area contributed by atoms with Crippen molar-refractivity contribution in [2.24, 2.45) is 0 Å². The van der Waals surface area contributed by atoms with Gasteiger partial charge in [0.25, 0.3) is 0 Å². The molecule has 4 rings (SSSR count). The molecule has 0 amide bonds. The molecule has 140 valence electrons. The van der Waals surface area contributed by atoms with Crippen molar-refractivity contribution in [3.63, 3.8) is 0 Å². The monoisotopic (exact) mass is 372 g/mol. The van der Waals surface area contributed by atoms with Crippen LogP contribution in [0, 0.1) is 0 Å². The largest absolute Gasteiger partial charge is 0.504 e. The number of aromatic nitrogens is 2. The summed E-state index contributed by atoms with van der Waals surface area (Å²) < 4.78 is 11.3. The van der Waals surface area contributed by atoms with Crippen molar-refractivity contribution in [2.75, 3.05) is 7.11 Å². The molecular weight excluding hydrogens is 352 g/mol. The van der Waals surface area contributed by atoms with E-state index in [9.17, 15) is 5.11 Å². The number of fused-ring (bicyclic) bond motifs is 1. The number of nitrogens with zero attached hydrogens (tertiary/aromatic N) is 2. The zero-order valence-corrected chi connectivity index (χ0v) is 15.7. The second-order valence-corrected chi connectivity index (χ2v) is 6.33. The summed E-state index contributed by atoms with van der Waals surface area (Å²) in [5.41, 5.74) is 2.40. The number of methoxy groups -OCH3 is 1. The van der Waals surface area contributed by atoms with Crippen molar-refractivity contribution in [2.45, 2.75) is 13.3 Å². The molecular formula is C23H20N2O3. The van der Waals surface area contributed by atoms with Gasteiger partial charge in [0.2, 0.25) is 5.88 Å². The Morgan fingerprint density at radius 3 is 2.57 bits per heavy atom. The fourth-order valence-electron chi connectivity index (χ4n) is 3.05. The van der Waals surface area contributed by atoms with Crippen LogP contribution in [0.25, 0.3) is 22.3 Å². The predicted molar refractivity (Wildman–Crippen MR) is 109 cm³/mol. The highest BCUT2D eigenvalue weighted by atomic mass is 16.5. The Balaban J connectivity index is 1.86. The first-order chi connectivity index (χ1) is 13.7. The molecule has 0 saturated heterocycles. The number of phenolic OH excluding ortho intramolecular Hbond substituents is 1. The van der Waals surface area contributed by atoms with Crippen LogP contribution in [0.4, 0.5) is 0 Å². The Kier molecular flexibility index (Phi) is 4.81. The van der Waals surface area contributed by atoms with Crippen LogP contribution >= 0.6 is 0 Å². The number of aryl methyl sites for hydroxylation is 1. The van der Waals surface area contributed by atoms with Gasteiger partial charge in [0.05, 0.1) is 23.6 Å². The molecule has 3 aromatic carbocycles. The lowest BCUT2D eigenvalue weighted by Gasteiger charge is -2.12. The van der Waals surface area contributed by atoms with E-state index in [0.29, 0.717) is 28.8 Å². The average Bonchev–Trinajstić information content (AvgIpc) is 2.74. The third-order valence-corrected chi connectivity index (χ3v) is 4.55. The highest BCUT2D eigenvalue weighted by molar-refractivity contribution is 5.86. The SMILES string of the molecule is CCc1cccc(Oc2nc(-c3cccc(OC)c3O)nc3ccccc23)c1. The number of para-hydroxylation sites is 2. The summed E-state index contributed by atoms with van der Waals surface area (Å²) in [5.74, 6) is 1.89. The standard InChI is InChI=1S/C23H20N2O3/c1-3-15-8-6-9-16(14-15)28-23-17-10-4-5-12-19(17)24-22(25-23)18-11-7-13-20(27-2)21(18)26/h4-14,26H,3H2,1-2H3. The summed E-state index contributed by atoms with van der Waals surface area (Å²) in [4.78, 5) is 9.22. The molecule has 5 heteroatoms. The van der Waals surface area contributed by atoms with Crippen LogP contribution in [0.1, 0.15) is 12.5 Å². The van der Waals surface area contributed by atoms with Crippen LogP contribution < -0.4 is 9.47 Å². The average molecular weight is 372 g/mol. The van der Waals surface area contributed by atoms with Crippen LogP contribution in [0.15, 0.2) is 66.7 Å². The lowest BCUT2D eigenvalue weighted by Crippen LogP contribution is -1.97. The Bertz CT molecular complexity index is 1140. The van der Waals surface area contributed by atoms with Gasteiger partial charge in [-0.05, 0) is 48.4 Å². The number of aromatic hydroxyl groups is 1. The predicted octanol–water partition coefficient (Wildman–Crippen LogP) is 5.37.